The van der Waals surface area contributed by atoms with Crippen molar-refractivity contribution >= 4 is 0 Å². The first-order valence-corrected chi connectivity index (χ1v) is 6.92. The molecule has 2 N–H and O–H groups in total. The van der Waals surface area contributed by atoms with Gasteiger partial charge in [0.1, 0.15) is 5.75 Å². The Hall–Kier alpha value is -1.06. The first kappa shape index (κ1) is 14.4. The summed E-state index contributed by atoms with van der Waals surface area (Å²) in [6.45, 7) is 6.42. The van der Waals surface area contributed by atoms with Gasteiger partial charge in [0, 0.05) is 5.54 Å². The molecular weight excluding hydrogens is 236 g/mol. The van der Waals surface area contributed by atoms with E-state index >= 15 is 0 Å². The van der Waals surface area contributed by atoms with Crippen LogP contribution in [-0.2, 0) is 0 Å². The van der Waals surface area contributed by atoms with Crippen LogP contribution in [0, 0.1) is 20.8 Å². The molecule has 0 radical (unpaired) electrons. The molecule has 106 valence electrons. The number of likely N-dealkylation sites (N-methyl/N-ethyl adjacent to an activating group) is 1. The van der Waals surface area contributed by atoms with Crippen molar-refractivity contribution in [3.8, 4) is 5.75 Å². The molecule has 1 atom stereocenters. The Labute approximate surface area is 116 Å². The molecule has 1 aliphatic rings. The Kier molecular flexibility index (Phi) is 3.63. The zero-order valence-corrected chi connectivity index (χ0v) is 13.0. The van der Waals surface area contributed by atoms with Crippen LogP contribution in [0.5, 0.6) is 5.75 Å². The lowest BCUT2D eigenvalue weighted by Gasteiger charge is -2.33. The van der Waals surface area contributed by atoms with Crippen LogP contribution in [-0.4, -0.2) is 31.6 Å². The summed E-state index contributed by atoms with van der Waals surface area (Å²) >= 11 is 0. The number of methoxy groups -OCH3 is 1. The van der Waals surface area contributed by atoms with Crippen molar-refractivity contribution < 1.29 is 4.74 Å². The summed E-state index contributed by atoms with van der Waals surface area (Å²) in [7, 11) is 5.97. The second kappa shape index (κ2) is 4.80. The van der Waals surface area contributed by atoms with E-state index in [-0.39, 0.29) is 11.6 Å². The highest BCUT2D eigenvalue weighted by atomic mass is 16.5. The van der Waals surface area contributed by atoms with Gasteiger partial charge in [-0.15, -0.1) is 0 Å². The highest BCUT2D eigenvalue weighted by Gasteiger charge is 2.48. The Balaban J connectivity index is 2.55. The molecule has 3 heteroatoms. The minimum atomic E-state index is -0.0538. The van der Waals surface area contributed by atoms with Crippen molar-refractivity contribution in [3.05, 3.63) is 28.3 Å². The number of rotatable bonds is 4. The number of aryl methyl sites for hydroxylation is 1. The molecule has 0 amide bonds. The van der Waals surface area contributed by atoms with Crippen LogP contribution >= 0.6 is 0 Å². The van der Waals surface area contributed by atoms with Gasteiger partial charge in [-0.05, 0) is 70.0 Å². The molecule has 0 saturated heterocycles. The monoisotopic (exact) mass is 262 g/mol. The minimum Gasteiger partial charge on any atom is -0.496 e. The van der Waals surface area contributed by atoms with E-state index in [0.29, 0.717) is 0 Å². The van der Waals surface area contributed by atoms with Crippen molar-refractivity contribution in [1.82, 2.24) is 4.90 Å². The van der Waals surface area contributed by atoms with Gasteiger partial charge < -0.3 is 15.4 Å². The summed E-state index contributed by atoms with van der Waals surface area (Å²) in [5, 5.41) is 0. The molecule has 1 aromatic rings. The molecule has 0 bridgehead atoms. The molecule has 3 nitrogen and oxygen atoms in total. The molecule has 1 aromatic carbocycles. The summed E-state index contributed by atoms with van der Waals surface area (Å²) in [5.74, 6) is 1.00. The fourth-order valence-corrected chi connectivity index (χ4v) is 3.21. The zero-order chi connectivity index (χ0) is 14.4. The maximum Gasteiger partial charge on any atom is 0.124 e. The fourth-order valence-electron chi connectivity index (χ4n) is 3.21. The summed E-state index contributed by atoms with van der Waals surface area (Å²) in [6, 6.07) is 2.54. The van der Waals surface area contributed by atoms with Crippen molar-refractivity contribution in [3.63, 3.8) is 0 Å². The number of nitrogens with zero attached hydrogens (tertiary/aromatic N) is 1. The maximum atomic E-state index is 6.49. The molecular formula is C16H26N2O. The van der Waals surface area contributed by atoms with E-state index in [1.807, 2.05) is 0 Å². The zero-order valence-electron chi connectivity index (χ0n) is 13.0. The third kappa shape index (κ3) is 2.37. The minimum absolute atomic E-state index is 0.0538. The molecule has 0 heterocycles. The summed E-state index contributed by atoms with van der Waals surface area (Å²) in [5.41, 5.74) is 11.5. The summed E-state index contributed by atoms with van der Waals surface area (Å²) in [4.78, 5) is 2.25. The molecule has 19 heavy (non-hydrogen) atoms. The smallest absolute Gasteiger partial charge is 0.124 e. The van der Waals surface area contributed by atoms with Gasteiger partial charge in [-0.1, -0.05) is 6.07 Å². The quantitative estimate of drug-likeness (QED) is 0.906. The topological polar surface area (TPSA) is 38.5 Å². The van der Waals surface area contributed by atoms with Gasteiger partial charge in [0.2, 0.25) is 0 Å². The first-order chi connectivity index (χ1) is 8.81. The molecule has 1 aliphatic carbocycles. The van der Waals surface area contributed by atoms with Crippen LogP contribution in [0.25, 0.3) is 0 Å². The van der Waals surface area contributed by atoms with Crippen molar-refractivity contribution in [2.24, 2.45) is 5.73 Å². The van der Waals surface area contributed by atoms with E-state index in [1.54, 1.807) is 7.11 Å². The van der Waals surface area contributed by atoms with Crippen molar-refractivity contribution in [1.29, 1.82) is 0 Å². The Morgan fingerprint density at radius 3 is 2.21 bits per heavy atom. The molecule has 1 unspecified atom stereocenters. The number of benzene rings is 1. The van der Waals surface area contributed by atoms with Gasteiger partial charge in [0.05, 0.1) is 13.2 Å². The second-order valence-electron chi connectivity index (χ2n) is 6.17. The Morgan fingerprint density at radius 1 is 1.21 bits per heavy atom. The third-order valence-corrected chi connectivity index (χ3v) is 4.45. The van der Waals surface area contributed by atoms with E-state index in [4.69, 9.17) is 10.5 Å². The highest BCUT2D eigenvalue weighted by Crippen LogP contribution is 2.48. The molecule has 0 aromatic heterocycles. The predicted molar refractivity (Wildman–Crippen MR) is 79.8 cm³/mol. The van der Waals surface area contributed by atoms with E-state index < -0.39 is 0 Å². The van der Waals surface area contributed by atoms with Gasteiger partial charge in [0.25, 0.3) is 0 Å². The second-order valence-corrected chi connectivity index (χ2v) is 6.17. The van der Waals surface area contributed by atoms with E-state index in [9.17, 15) is 0 Å². The molecule has 0 spiro atoms. The van der Waals surface area contributed by atoms with Crippen LogP contribution in [0.2, 0.25) is 0 Å². The molecule has 1 fully saturated rings. The van der Waals surface area contributed by atoms with Gasteiger partial charge in [-0.2, -0.15) is 0 Å². The number of nitrogens with two attached hydrogens (primary N) is 1. The van der Waals surface area contributed by atoms with E-state index in [0.717, 1.165) is 18.6 Å². The Bertz CT molecular complexity index is 490. The van der Waals surface area contributed by atoms with Crippen LogP contribution in [0.1, 0.15) is 41.1 Å². The van der Waals surface area contributed by atoms with Gasteiger partial charge >= 0.3 is 0 Å². The van der Waals surface area contributed by atoms with Crippen LogP contribution < -0.4 is 10.5 Å². The van der Waals surface area contributed by atoms with Gasteiger partial charge in [-0.25, -0.2) is 0 Å². The number of ether oxygens (including phenoxy) is 1. The standard InChI is InChI=1S/C16H26N2O/c1-10-9-13(11(2)12(3)14(10)19-6)15(18(4)5)16(17)7-8-16/h9,15H,7-8,17H2,1-6H3. The largest absolute Gasteiger partial charge is 0.496 e. The fraction of sp³-hybridized carbons (Fsp3) is 0.625. The highest BCUT2D eigenvalue weighted by molar-refractivity contribution is 5.51. The van der Waals surface area contributed by atoms with Crippen molar-refractivity contribution in [2.75, 3.05) is 21.2 Å². The Morgan fingerprint density at radius 2 is 1.79 bits per heavy atom. The molecule has 0 aliphatic heterocycles. The average Bonchev–Trinajstić information content (AvgIpc) is 3.04. The number of hydrogen-bond donors (Lipinski definition) is 1. The lowest BCUT2D eigenvalue weighted by molar-refractivity contribution is 0.244. The molecule has 1 saturated carbocycles. The lowest BCUT2D eigenvalue weighted by atomic mass is 9.88. The third-order valence-electron chi connectivity index (χ3n) is 4.45. The van der Waals surface area contributed by atoms with Crippen molar-refractivity contribution in [2.45, 2.75) is 45.2 Å². The normalized spacial score (nSPS) is 18.5. The predicted octanol–water partition coefficient (Wildman–Crippen LogP) is 2.71. The van der Waals surface area contributed by atoms with Gasteiger partial charge in [0.15, 0.2) is 0 Å². The van der Waals surface area contributed by atoms with E-state index in [2.05, 4.69) is 45.8 Å². The number of hydrogen-bond acceptors (Lipinski definition) is 3. The van der Waals surface area contributed by atoms with Gasteiger partial charge in [-0.3, -0.25) is 0 Å². The summed E-state index contributed by atoms with van der Waals surface area (Å²) in [6.07, 6.45) is 2.22. The maximum absolute atomic E-state index is 6.49. The summed E-state index contributed by atoms with van der Waals surface area (Å²) < 4.78 is 5.51. The first-order valence-electron chi connectivity index (χ1n) is 6.92. The molecule has 2 rings (SSSR count). The SMILES string of the molecule is COc1c(C)cc(C(N(C)C)C2(N)CC2)c(C)c1C. The lowest BCUT2D eigenvalue weighted by Crippen LogP contribution is -2.40. The van der Waals surface area contributed by atoms with Crippen LogP contribution in [0.15, 0.2) is 6.07 Å². The van der Waals surface area contributed by atoms with Crippen LogP contribution in [0.4, 0.5) is 0 Å². The van der Waals surface area contributed by atoms with Crippen LogP contribution in [0.3, 0.4) is 0 Å². The average molecular weight is 262 g/mol. The van der Waals surface area contributed by atoms with E-state index in [1.165, 1.54) is 22.3 Å².